The van der Waals surface area contributed by atoms with Gasteiger partial charge in [0.2, 0.25) is 0 Å². The molecule has 2 fully saturated rings. The number of aryl methyl sites for hydroxylation is 1. The third-order valence-electron chi connectivity index (χ3n) is 4.56. The largest absolute Gasteiger partial charge is 0.325 e. The second kappa shape index (κ2) is 6.10. The highest BCUT2D eigenvalue weighted by atomic mass is 16.2. The van der Waals surface area contributed by atoms with Gasteiger partial charge in [-0.05, 0) is 50.3 Å². The second-order valence-corrected chi connectivity index (χ2v) is 6.57. The van der Waals surface area contributed by atoms with Gasteiger partial charge < -0.3 is 20.4 Å². The van der Waals surface area contributed by atoms with E-state index in [0.717, 1.165) is 36.9 Å². The summed E-state index contributed by atoms with van der Waals surface area (Å²) in [6.45, 7) is 1.94. The van der Waals surface area contributed by atoms with Crippen LogP contribution in [0.3, 0.4) is 0 Å². The van der Waals surface area contributed by atoms with Crippen LogP contribution >= 0.6 is 0 Å². The van der Waals surface area contributed by atoms with Crippen molar-refractivity contribution in [2.75, 3.05) is 24.7 Å². The zero-order valence-electron chi connectivity index (χ0n) is 13.9. The number of rotatable bonds is 4. The highest BCUT2D eigenvalue weighted by Gasteiger charge is 2.30. The van der Waals surface area contributed by atoms with Crippen molar-refractivity contribution in [3.8, 4) is 0 Å². The van der Waals surface area contributed by atoms with Crippen LogP contribution in [-0.4, -0.2) is 48.0 Å². The molecule has 6 heteroatoms. The van der Waals surface area contributed by atoms with E-state index in [1.54, 1.807) is 9.80 Å². The molecule has 4 amide bonds. The fraction of sp³-hybridized carbons (Fsp3) is 0.529. The van der Waals surface area contributed by atoms with E-state index >= 15 is 0 Å². The number of benzene rings is 1. The molecule has 2 N–H and O–H groups in total. The lowest BCUT2D eigenvalue weighted by Gasteiger charge is -2.20. The van der Waals surface area contributed by atoms with Crippen LogP contribution in [0.25, 0.3) is 0 Å². The van der Waals surface area contributed by atoms with Gasteiger partial charge in [-0.2, -0.15) is 0 Å². The van der Waals surface area contributed by atoms with Gasteiger partial charge in [0, 0.05) is 37.6 Å². The van der Waals surface area contributed by atoms with Crippen molar-refractivity contribution in [1.29, 1.82) is 0 Å². The first kappa shape index (κ1) is 15.6. The van der Waals surface area contributed by atoms with Crippen molar-refractivity contribution in [3.63, 3.8) is 0 Å². The van der Waals surface area contributed by atoms with Gasteiger partial charge in [-0.3, -0.25) is 0 Å². The molecule has 0 unspecified atom stereocenters. The van der Waals surface area contributed by atoms with E-state index in [4.69, 9.17) is 0 Å². The van der Waals surface area contributed by atoms with Crippen molar-refractivity contribution < 1.29 is 9.59 Å². The number of amides is 4. The Morgan fingerprint density at radius 2 is 1.48 bits per heavy atom. The van der Waals surface area contributed by atoms with Crippen LogP contribution in [0.4, 0.5) is 21.0 Å². The summed E-state index contributed by atoms with van der Waals surface area (Å²) in [5.41, 5.74) is 2.39. The van der Waals surface area contributed by atoms with Gasteiger partial charge in [-0.25, -0.2) is 9.59 Å². The molecule has 1 aromatic carbocycles. The Hall–Kier alpha value is -2.24. The zero-order chi connectivity index (χ0) is 16.6. The van der Waals surface area contributed by atoms with Crippen molar-refractivity contribution in [2.24, 2.45) is 0 Å². The summed E-state index contributed by atoms with van der Waals surface area (Å²) in [4.78, 5) is 27.8. The lowest BCUT2D eigenvalue weighted by Crippen LogP contribution is -2.34. The molecule has 0 radical (unpaired) electrons. The molecule has 2 aliphatic carbocycles. The average molecular weight is 316 g/mol. The maximum Gasteiger partial charge on any atom is 0.321 e. The van der Waals surface area contributed by atoms with E-state index in [2.05, 4.69) is 10.6 Å². The smallest absolute Gasteiger partial charge is 0.321 e. The number of carbonyl (C=O) groups is 2. The average Bonchev–Trinajstić information content (AvgIpc) is 3.40. The predicted octanol–water partition coefficient (Wildman–Crippen LogP) is 3.25. The van der Waals surface area contributed by atoms with Crippen LogP contribution in [0.2, 0.25) is 0 Å². The highest BCUT2D eigenvalue weighted by Crippen LogP contribution is 2.28. The molecule has 0 saturated heterocycles. The van der Waals surface area contributed by atoms with E-state index in [9.17, 15) is 9.59 Å². The Labute approximate surface area is 136 Å². The lowest BCUT2D eigenvalue weighted by molar-refractivity contribution is 0.220. The molecule has 0 atom stereocenters. The summed E-state index contributed by atoms with van der Waals surface area (Å²) < 4.78 is 0. The zero-order valence-corrected chi connectivity index (χ0v) is 13.9. The van der Waals surface area contributed by atoms with E-state index in [1.165, 1.54) is 0 Å². The summed E-state index contributed by atoms with van der Waals surface area (Å²) in [5.74, 6) is 0. The number of carbonyl (C=O) groups excluding carboxylic acids is 2. The summed E-state index contributed by atoms with van der Waals surface area (Å²) in [5, 5.41) is 5.82. The van der Waals surface area contributed by atoms with Crippen LogP contribution in [0.1, 0.15) is 31.2 Å². The molecule has 6 nitrogen and oxygen atoms in total. The topological polar surface area (TPSA) is 64.7 Å². The second-order valence-electron chi connectivity index (χ2n) is 6.57. The number of hydrogen-bond donors (Lipinski definition) is 2. The molecule has 124 valence electrons. The molecule has 0 aliphatic heterocycles. The van der Waals surface area contributed by atoms with E-state index in [-0.39, 0.29) is 12.1 Å². The Balaban J connectivity index is 1.65. The SMILES string of the molecule is Cc1ccc(NC(=O)N(C)C2CC2)cc1NC(=O)N(C)C1CC1. The highest BCUT2D eigenvalue weighted by molar-refractivity contribution is 5.93. The van der Waals surface area contributed by atoms with Gasteiger partial charge in [0.05, 0.1) is 0 Å². The van der Waals surface area contributed by atoms with E-state index in [0.29, 0.717) is 17.8 Å². The van der Waals surface area contributed by atoms with E-state index in [1.807, 2.05) is 39.2 Å². The first-order valence-corrected chi connectivity index (χ1v) is 8.14. The van der Waals surface area contributed by atoms with Crippen molar-refractivity contribution in [3.05, 3.63) is 23.8 Å². The number of nitrogens with zero attached hydrogens (tertiary/aromatic N) is 2. The van der Waals surface area contributed by atoms with Gasteiger partial charge in [-0.1, -0.05) is 6.07 Å². The number of urea groups is 2. The molecule has 0 aromatic heterocycles. The number of nitrogens with one attached hydrogen (secondary N) is 2. The number of hydrogen-bond acceptors (Lipinski definition) is 2. The van der Waals surface area contributed by atoms with Crippen molar-refractivity contribution >= 4 is 23.4 Å². The van der Waals surface area contributed by atoms with Gasteiger partial charge >= 0.3 is 12.1 Å². The third kappa shape index (κ3) is 3.75. The molecular formula is C17H24N4O2. The molecule has 2 aliphatic rings. The molecule has 2 saturated carbocycles. The molecule has 0 bridgehead atoms. The van der Waals surface area contributed by atoms with Crippen LogP contribution in [-0.2, 0) is 0 Å². The normalized spacial score (nSPS) is 16.7. The van der Waals surface area contributed by atoms with Crippen LogP contribution < -0.4 is 10.6 Å². The lowest BCUT2D eigenvalue weighted by atomic mass is 10.2. The summed E-state index contributed by atoms with van der Waals surface area (Å²) in [6.07, 6.45) is 4.30. The Bertz CT molecular complexity index is 623. The maximum atomic E-state index is 12.2. The Morgan fingerprint density at radius 1 is 0.957 bits per heavy atom. The first-order chi connectivity index (χ1) is 11.0. The minimum Gasteiger partial charge on any atom is -0.325 e. The molecule has 3 rings (SSSR count). The summed E-state index contributed by atoms with van der Waals surface area (Å²) in [7, 11) is 3.63. The fourth-order valence-corrected chi connectivity index (χ4v) is 2.50. The van der Waals surface area contributed by atoms with E-state index < -0.39 is 0 Å². The van der Waals surface area contributed by atoms with Crippen LogP contribution in [0.5, 0.6) is 0 Å². The molecule has 0 heterocycles. The minimum atomic E-state index is -0.108. The molecular weight excluding hydrogens is 292 g/mol. The number of anilines is 2. The Kier molecular flexibility index (Phi) is 4.15. The quantitative estimate of drug-likeness (QED) is 0.895. The van der Waals surface area contributed by atoms with Crippen molar-refractivity contribution in [1.82, 2.24) is 9.80 Å². The summed E-state index contributed by atoms with van der Waals surface area (Å²) >= 11 is 0. The van der Waals surface area contributed by atoms with Crippen LogP contribution in [0.15, 0.2) is 18.2 Å². The predicted molar refractivity (Wildman–Crippen MR) is 90.8 cm³/mol. The molecule has 0 spiro atoms. The van der Waals surface area contributed by atoms with Gasteiger partial charge in [0.15, 0.2) is 0 Å². The summed E-state index contributed by atoms with van der Waals surface area (Å²) in [6, 6.07) is 6.09. The van der Waals surface area contributed by atoms with Crippen LogP contribution in [0, 0.1) is 6.92 Å². The van der Waals surface area contributed by atoms with Gasteiger partial charge in [0.25, 0.3) is 0 Å². The standard InChI is InChI=1S/C17H24N4O2/c1-11-4-5-12(18-16(22)20(2)13-6-7-13)10-15(11)19-17(23)21(3)14-8-9-14/h4-5,10,13-14H,6-9H2,1-3H3,(H,18,22)(H,19,23). The minimum absolute atomic E-state index is 0.103. The van der Waals surface area contributed by atoms with Gasteiger partial charge in [-0.15, -0.1) is 0 Å². The third-order valence-corrected chi connectivity index (χ3v) is 4.56. The van der Waals surface area contributed by atoms with Gasteiger partial charge in [0.1, 0.15) is 0 Å². The van der Waals surface area contributed by atoms with Crippen molar-refractivity contribution in [2.45, 2.75) is 44.7 Å². The maximum absolute atomic E-state index is 12.2. The monoisotopic (exact) mass is 316 g/mol. The molecule has 23 heavy (non-hydrogen) atoms. The molecule has 1 aromatic rings. The first-order valence-electron chi connectivity index (χ1n) is 8.14. The fourth-order valence-electron chi connectivity index (χ4n) is 2.50. The Morgan fingerprint density at radius 3 is 2.00 bits per heavy atom.